The number of alkyl halides is 3. The van der Waals surface area contributed by atoms with Crippen LogP contribution in [0.3, 0.4) is 0 Å². The van der Waals surface area contributed by atoms with Gasteiger partial charge in [-0.25, -0.2) is 9.18 Å². The Morgan fingerprint density at radius 3 is 2.29 bits per heavy atom. The van der Waals surface area contributed by atoms with E-state index >= 15 is 0 Å². The summed E-state index contributed by atoms with van der Waals surface area (Å²) >= 11 is 0. The zero-order valence-electron chi connectivity index (χ0n) is 10.7. The van der Waals surface area contributed by atoms with Crippen molar-refractivity contribution in [2.45, 2.75) is 12.8 Å². The normalized spacial score (nSPS) is 11.2. The van der Waals surface area contributed by atoms with Gasteiger partial charge in [0.2, 0.25) is 0 Å². The van der Waals surface area contributed by atoms with E-state index in [-0.39, 0.29) is 12.7 Å². The van der Waals surface area contributed by atoms with Crippen LogP contribution in [0.15, 0.2) is 48.5 Å². The van der Waals surface area contributed by atoms with E-state index < -0.39 is 29.1 Å². The summed E-state index contributed by atoms with van der Waals surface area (Å²) < 4.78 is 55.6. The quantitative estimate of drug-likeness (QED) is 0.627. The Labute approximate surface area is 118 Å². The van der Waals surface area contributed by atoms with Crippen molar-refractivity contribution < 1.29 is 27.1 Å². The van der Waals surface area contributed by atoms with E-state index in [1.807, 2.05) is 0 Å². The third kappa shape index (κ3) is 3.81. The van der Waals surface area contributed by atoms with Crippen LogP contribution >= 0.6 is 0 Å². The van der Waals surface area contributed by atoms with Crippen molar-refractivity contribution in [3.8, 4) is 0 Å². The summed E-state index contributed by atoms with van der Waals surface area (Å²) in [7, 11) is 0. The smallest absolute Gasteiger partial charge is 0.416 e. The largest absolute Gasteiger partial charge is 0.457 e. The van der Waals surface area contributed by atoms with Crippen molar-refractivity contribution in [3.63, 3.8) is 0 Å². The summed E-state index contributed by atoms with van der Waals surface area (Å²) in [5, 5.41) is 0. The van der Waals surface area contributed by atoms with E-state index in [1.165, 1.54) is 0 Å². The van der Waals surface area contributed by atoms with Crippen LogP contribution in [-0.4, -0.2) is 5.97 Å². The minimum Gasteiger partial charge on any atom is -0.457 e. The number of esters is 1. The van der Waals surface area contributed by atoms with Gasteiger partial charge in [-0.15, -0.1) is 0 Å². The first-order valence-electron chi connectivity index (χ1n) is 5.96. The summed E-state index contributed by atoms with van der Waals surface area (Å²) in [4.78, 5) is 11.7. The molecule has 0 N–H and O–H groups in total. The minimum atomic E-state index is -4.66. The van der Waals surface area contributed by atoms with Crippen LogP contribution in [0.4, 0.5) is 17.6 Å². The van der Waals surface area contributed by atoms with Crippen LogP contribution in [0.2, 0.25) is 0 Å². The predicted molar refractivity (Wildman–Crippen MR) is 67.0 cm³/mol. The fraction of sp³-hybridized carbons (Fsp3) is 0.133. The number of carbonyl (C=O) groups excluding carboxylic acids is 1. The molecule has 21 heavy (non-hydrogen) atoms. The first kappa shape index (κ1) is 15.0. The van der Waals surface area contributed by atoms with Gasteiger partial charge in [-0.05, 0) is 23.8 Å². The Kier molecular flexibility index (Phi) is 4.26. The number of ether oxygens (including phenoxy) is 1. The lowest BCUT2D eigenvalue weighted by atomic mass is 10.1. The van der Waals surface area contributed by atoms with Gasteiger partial charge in [0.25, 0.3) is 0 Å². The highest BCUT2D eigenvalue weighted by atomic mass is 19.4. The van der Waals surface area contributed by atoms with Gasteiger partial charge >= 0.3 is 12.1 Å². The molecule has 110 valence electrons. The molecule has 2 rings (SSSR count). The van der Waals surface area contributed by atoms with E-state index in [0.717, 1.165) is 6.07 Å². The monoisotopic (exact) mass is 298 g/mol. The molecular weight excluding hydrogens is 288 g/mol. The summed E-state index contributed by atoms with van der Waals surface area (Å²) in [5.74, 6) is -2.27. The van der Waals surface area contributed by atoms with E-state index in [1.54, 1.807) is 30.3 Å². The molecule has 0 radical (unpaired) electrons. The Bertz CT molecular complexity index is 636. The number of carbonyl (C=O) groups is 1. The Hall–Kier alpha value is -2.37. The molecule has 0 aliphatic rings. The Morgan fingerprint density at radius 2 is 1.71 bits per heavy atom. The minimum absolute atomic E-state index is 0.0832. The molecule has 0 unspecified atom stereocenters. The number of hydrogen-bond donors (Lipinski definition) is 0. The van der Waals surface area contributed by atoms with Crippen molar-refractivity contribution in [1.29, 1.82) is 0 Å². The van der Waals surface area contributed by atoms with Gasteiger partial charge in [0, 0.05) is 0 Å². The number of rotatable bonds is 3. The zero-order valence-corrected chi connectivity index (χ0v) is 10.7. The summed E-state index contributed by atoms with van der Waals surface area (Å²) in [6.07, 6.45) is -4.66. The molecule has 2 aromatic carbocycles. The van der Waals surface area contributed by atoms with E-state index in [2.05, 4.69) is 0 Å². The molecule has 0 spiro atoms. The summed E-state index contributed by atoms with van der Waals surface area (Å²) in [6, 6.07) is 10.4. The van der Waals surface area contributed by atoms with Crippen LogP contribution in [0.5, 0.6) is 0 Å². The lowest BCUT2D eigenvalue weighted by Gasteiger charge is -2.09. The lowest BCUT2D eigenvalue weighted by Crippen LogP contribution is -2.11. The second-order valence-corrected chi connectivity index (χ2v) is 4.25. The van der Waals surface area contributed by atoms with Crippen LogP contribution in [0, 0.1) is 5.82 Å². The molecule has 6 heteroatoms. The first-order chi connectivity index (χ1) is 9.88. The van der Waals surface area contributed by atoms with Crippen molar-refractivity contribution >= 4 is 5.97 Å². The van der Waals surface area contributed by atoms with E-state index in [4.69, 9.17) is 4.74 Å². The van der Waals surface area contributed by atoms with Crippen LogP contribution < -0.4 is 0 Å². The van der Waals surface area contributed by atoms with Gasteiger partial charge < -0.3 is 4.74 Å². The van der Waals surface area contributed by atoms with Gasteiger partial charge in [0.05, 0.1) is 11.1 Å². The maximum Gasteiger partial charge on any atom is 0.416 e. The maximum absolute atomic E-state index is 13.6. The third-order valence-corrected chi connectivity index (χ3v) is 2.73. The van der Waals surface area contributed by atoms with Gasteiger partial charge in [-0.3, -0.25) is 0 Å². The molecular formula is C15H10F4O2. The van der Waals surface area contributed by atoms with Gasteiger partial charge in [-0.2, -0.15) is 13.2 Å². The van der Waals surface area contributed by atoms with Gasteiger partial charge in [0.15, 0.2) is 0 Å². The Morgan fingerprint density at radius 1 is 1.05 bits per heavy atom. The maximum atomic E-state index is 13.6. The number of halogens is 4. The summed E-state index contributed by atoms with van der Waals surface area (Å²) in [5.41, 5.74) is -0.989. The van der Waals surface area contributed by atoms with E-state index in [0.29, 0.717) is 11.6 Å². The van der Waals surface area contributed by atoms with Crippen molar-refractivity contribution in [2.75, 3.05) is 0 Å². The fourth-order valence-electron chi connectivity index (χ4n) is 1.66. The summed E-state index contributed by atoms with van der Waals surface area (Å²) in [6.45, 7) is -0.0832. The van der Waals surface area contributed by atoms with Gasteiger partial charge in [-0.1, -0.05) is 30.3 Å². The molecule has 2 aromatic rings. The van der Waals surface area contributed by atoms with Crippen LogP contribution in [0.25, 0.3) is 0 Å². The van der Waals surface area contributed by atoms with Crippen molar-refractivity contribution in [2.24, 2.45) is 0 Å². The Balaban J connectivity index is 2.09. The second-order valence-electron chi connectivity index (χ2n) is 4.25. The zero-order chi connectivity index (χ0) is 15.5. The first-order valence-corrected chi connectivity index (χ1v) is 5.96. The molecule has 0 saturated carbocycles. The molecule has 0 aliphatic carbocycles. The van der Waals surface area contributed by atoms with Crippen LogP contribution in [0.1, 0.15) is 21.5 Å². The highest BCUT2D eigenvalue weighted by molar-refractivity contribution is 5.89. The fourth-order valence-corrected chi connectivity index (χ4v) is 1.66. The highest BCUT2D eigenvalue weighted by Crippen LogP contribution is 2.30. The van der Waals surface area contributed by atoms with Crippen molar-refractivity contribution in [3.05, 3.63) is 71.0 Å². The average Bonchev–Trinajstić information content (AvgIpc) is 2.45. The molecule has 0 fully saturated rings. The number of hydrogen-bond acceptors (Lipinski definition) is 2. The molecule has 0 bridgehead atoms. The average molecular weight is 298 g/mol. The lowest BCUT2D eigenvalue weighted by molar-refractivity contribution is -0.137. The topological polar surface area (TPSA) is 26.3 Å². The molecule has 0 aromatic heterocycles. The van der Waals surface area contributed by atoms with Crippen LogP contribution in [-0.2, 0) is 17.5 Å². The van der Waals surface area contributed by atoms with E-state index in [9.17, 15) is 22.4 Å². The molecule has 2 nitrogen and oxygen atoms in total. The number of benzene rings is 2. The molecule has 0 saturated heterocycles. The second kappa shape index (κ2) is 5.95. The van der Waals surface area contributed by atoms with Crippen molar-refractivity contribution in [1.82, 2.24) is 0 Å². The predicted octanol–water partition coefficient (Wildman–Crippen LogP) is 4.20. The molecule has 0 aliphatic heterocycles. The van der Waals surface area contributed by atoms with Gasteiger partial charge in [0.1, 0.15) is 12.4 Å². The molecule has 0 heterocycles. The highest BCUT2D eigenvalue weighted by Gasteiger charge is 2.31. The third-order valence-electron chi connectivity index (χ3n) is 2.73. The SMILES string of the molecule is O=C(OCc1ccccc1)c1ccc(C(F)(F)F)cc1F. The molecule has 0 amide bonds. The molecule has 0 atom stereocenters. The standard InChI is InChI=1S/C15H10F4O2/c16-13-8-11(15(17,18)19)6-7-12(13)14(20)21-9-10-4-2-1-3-5-10/h1-8H,9H2.